The van der Waals surface area contributed by atoms with E-state index in [0.29, 0.717) is 16.3 Å². The van der Waals surface area contributed by atoms with Crippen molar-refractivity contribution >= 4 is 33.9 Å². The van der Waals surface area contributed by atoms with Crippen molar-refractivity contribution in [2.45, 2.75) is 52.1 Å². The van der Waals surface area contributed by atoms with Crippen LogP contribution >= 0.6 is 11.3 Å². The van der Waals surface area contributed by atoms with E-state index in [1.54, 1.807) is 45.6 Å². The predicted octanol–water partition coefficient (Wildman–Crippen LogP) is 6.17. The Balaban J connectivity index is 1.56. The van der Waals surface area contributed by atoms with E-state index in [1.165, 1.54) is 30.6 Å². The van der Waals surface area contributed by atoms with Crippen LogP contribution in [0.15, 0.2) is 47.4 Å². The van der Waals surface area contributed by atoms with Crippen molar-refractivity contribution < 1.29 is 18.7 Å². The third-order valence-corrected chi connectivity index (χ3v) is 6.45. The number of furan rings is 1. The van der Waals surface area contributed by atoms with Crippen LogP contribution < -0.4 is 10.2 Å². The normalized spacial score (nSPS) is 14.2. The second-order valence-electron chi connectivity index (χ2n) is 9.16. The number of carbonyl (C=O) groups excluding carboxylic acids is 2. The summed E-state index contributed by atoms with van der Waals surface area (Å²) < 4.78 is 10.6. The molecule has 0 bridgehead atoms. The van der Waals surface area contributed by atoms with Crippen LogP contribution in [-0.2, 0) is 11.2 Å². The summed E-state index contributed by atoms with van der Waals surface area (Å²) in [5.41, 5.74) is 2.41. The van der Waals surface area contributed by atoms with Crippen molar-refractivity contribution in [3.63, 3.8) is 0 Å². The van der Waals surface area contributed by atoms with Crippen molar-refractivity contribution in [3.05, 3.63) is 53.6 Å². The highest BCUT2D eigenvalue weighted by atomic mass is 32.1. The lowest BCUT2D eigenvalue weighted by Gasteiger charge is -2.26. The van der Waals surface area contributed by atoms with Crippen LogP contribution in [0.1, 0.15) is 55.4 Å². The molecule has 33 heavy (non-hydrogen) atoms. The zero-order valence-corrected chi connectivity index (χ0v) is 20.0. The molecule has 8 heteroatoms. The Labute approximate surface area is 197 Å². The molecule has 1 N–H and O–H groups in total. The largest absolute Gasteiger partial charge is 0.472 e. The maximum Gasteiger partial charge on any atom is 0.412 e. The number of hydrogen-bond donors (Lipinski definition) is 1. The van der Waals surface area contributed by atoms with Gasteiger partial charge in [0.2, 0.25) is 0 Å². The Kier molecular flexibility index (Phi) is 6.83. The average Bonchev–Trinajstić information content (AvgIpc) is 3.47. The van der Waals surface area contributed by atoms with Gasteiger partial charge >= 0.3 is 6.09 Å². The summed E-state index contributed by atoms with van der Waals surface area (Å²) in [7, 11) is 0. The first-order chi connectivity index (χ1) is 15.8. The van der Waals surface area contributed by atoms with E-state index in [-0.39, 0.29) is 12.2 Å². The third-order valence-electron chi connectivity index (χ3n) is 5.35. The fraction of sp³-hybridized carbons (Fsp3) is 0.400. The molecule has 1 fully saturated rings. The molecular weight excluding hydrogens is 438 g/mol. The van der Waals surface area contributed by atoms with E-state index in [9.17, 15) is 9.59 Å². The van der Waals surface area contributed by atoms with Gasteiger partial charge in [0, 0.05) is 30.8 Å². The second-order valence-corrected chi connectivity index (χ2v) is 10.2. The minimum Gasteiger partial charge on any atom is -0.472 e. The minimum atomic E-state index is -0.622. The van der Waals surface area contributed by atoms with Gasteiger partial charge in [-0.1, -0.05) is 17.4 Å². The Morgan fingerprint density at radius 3 is 2.64 bits per heavy atom. The number of nitrogens with zero attached hydrogens (tertiary/aromatic N) is 2. The fourth-order valence-corrected chi connectivity index (χ4v) is 4.69. The number of piperidine rings is 1. The highest BCUT2D eigenvalue weighted by Gasteiger charge is 2.21. The van der Waals surface area contributed by atoms with Gasteiger partial charge in [-0.2, -0.15) is 0 Å². The lowest BCUT2D eigenvalue weighted by atomic mass is 10.0. The van der Waals surface area contributed by atoms with E-state index in [2.05, 4.69) is 15.2 Å². The van der Waals surface area contributed by atoms with Gasteiger partial charge in [0.05, 0.1) is 18.7 Å². The Bertz CT molecular complexity index is 1110. The van der Waals surface area contributed by atoms with Gasteiger partial charge in [-0.3, -0.25) is 10.1 Å². The molecule has 0 aliphatic carbocycles. The summed E-state index contributed by atoms with van der Waals surface area (Å²) in [6.45, 7) is 7.43. The van der Waals surface area contributed by atoms with Crippen LogP contribution in [-0.4, -0.2) is 35.6 Å². The van der Waals surface area contributed by atoms with Gasteiger partial charge in [0.15, 0.2) is 10.8 Å². The summed E-state index contributed by atoms with van der Waals surface area (Å²) in [4.78, 5) is 32.2. The molecule has 3 heterocycles. The van der Waals surface area contributed by atoms with E-state index < -0.39 is 11.7 Å². The number of amides is 1. The van der Waals surface area contributed by atoms with Crippen LogP contribution in [0.25, 0.3) is 11.1 Å². The molecule has 1 aliphatic heterocycles. The lowest BCUT2D eigenvalue weighted by Crippen LogP contribution is -2.28. The molecule has 0 atom stereocenters. The molecule has 1 aromatic carbocycles. The Morgan fingerprint density at radius 2 is 1.94 bits per heavy atom. The quantitative estimate of drug-likeness (QED) is 0.437. The average molecular weight is 468 g/mol. The standard InChI is InChI=1S/C25H29N3O4S/c1-25(2,3)32-24(30)27-20-8-7-17(18-9-12-31-16-18)13-19(20)14-21(29)23-26-15-22(33-23)28-10-5-4-6-11-28/h7-9,12-13,15-16H,4-6,10-11,14H2,1-3H3,(H,27,30). The molecule has 0 unspecified atom stereocenters. The highest BCUT2D eigenvalue weighted by Crippen LogP contribution is 2.30. The maximum absolute atomic E-state index is 13.1. The van der Waals surface area contributed by atoms with Crippen LogP contribution in [0.5, 0.6) is 0 Å². The zero-order chi connectivity index (χ0) is 23.4. The van der Waals surface area contributed by atoms with Crippen molar-refractivity contribution in [3.8, 4) is 11.1 Å². The van der Waals surface area contributed by atoms with Crippen molar-refractivity contribution in [2.24, 2.45) is 0 Å². The fourth-order valence-electron chi connectivity index (χ4n) is 3.79. The summed E-state index contributed by atoms with van der Waals surface area (Å²) in [6.07, 6.45) is 8.19. The van der Waals surface area contributed by atoms with Crippen molar-refractivity contribution in [2.75, 3.05) is 23.3 Å². The summed E-state index contributed by atoms with van der Waals surface area (Å²) >= 11 is 1.43. The molecule has 0 radical (unpaired) electrons. The van der Waals surface area contributed by atoms with Gasteiger partial charge in [-0.05, 0) is 69.4 Å². The monoisotopic (exact) mass is 467 g/mol. The predicted molar refractivity (Wildman–Crippen MR) is 130 cm³/mol. The van der Waals surface area contributed by atoms with E-state index in [4.69, 9.17) is 9.15 Å². The number of Topliss-reactive ketones (excluding diaryl/α,β-unsaturated/α-hetero) is 1. The SMILES string of the molecule is CC(C)(C)OC(=O)Nc1ccc(-c2ccoc2)cc1CC(=O)c1ncc(N2CCCCC2)s1. The lowest BCUT2D eigenvalue weighted by molar-refractivity contribution is 0.0635. The number of hydrogen-bond acceptors (Lipinski definition) is 7. The van der Waals surface area contributed by atoms with E-state index in [0.717, 1.165) is 29.2 Å². The van der Waals surface area contributed by atoms with Crippen LogP contribution in [0.3, 0.4) is 0 Å². The number of ether oxygens (including phenoxy) is 1. The first-order valence-electron chi connectivity index (χ1n) is 11.2. The molecule has 1 saturated heterocycles. The number of nitrogens with one attached hydrogen (secondary N) is 1. The first-order valence-corrected chi connectivity index (χ1v) is 12.0. The molecule has 1 amide bonds. The molecule has 4 rings (SSSR count). The molecule has 0 saturated carbocycles. The van der Waals surface area contributed by atoms with Gasteiger partial charge in [0.1, 0.15) is 10.6 Å². The zero-order valence-electron chi connectivity index (χ0n) is 19.2. The molecule has 3 aromatic rings. The summed E-state index contributed by atoms with van der Waals surface area (Å²) in [5, 5.41) is 4.31. The topological polar surface area (TPSA) is 84.7 Å². The Hall–Kier alpha value is -3.13. The van der Waals surface area contributed by atoms with Crippen molar-refractivity contribution in [1.82, 2.24) is 4.98 Å². The molecule has 7 nitrogen and oxygen atoms in total. The van der Waals surface area contributed by atoms with Crippen LogP contribution in [0.4, 0.5) is 15.5 Å². The van der Waals surface area contributed by atoms with E-state index >= 15 is 0 Å². The number of ketones is 1. The van der Waals surface area contributed by atoms with E-state index in [1.807, 2.05) is 18.2 Å². The van der Waals surface area contributed by atoms with Crippen molar-refractivity contribution in [1.29, 1.82) is 0 Å². The molecular formula is C25H29N3O4S. The van der Waals surface area contributed by atoms with Crippen LogP contribution in [0, 0.1) is 0 Å². The molecule has 2 aromatic heterocycles. The van der Waals surface area contributed by atoms with Gasteiger partial charge < -0.3 is 14.1 Å². The van der Waals surface area contributed by atoms with Gasteiger partial charge in [0.25, 0.3) is 0 Å². The highest BCUT2D eigenvalue weighted by molar-refractivity contribution is 7.17. The molecule has 174 valence electrons. The van der Waals surface area contributed by atoms with Gasteiger partial charge in [-0.25, -0.2) is 9.78 Å². The minimum absolute atomic E-state index is 0.0835. The molecule has 0 spiro atoms. The molecule has 1 aliphatic rings. The smallest absolute Gasteiger partial charge is 0.412 e. The first kappa shape index (κ1) is 23.0. The van der Waals surface area contributed by atoms with Gasteiger partial charge in [-0.15, -0.1) is 0 Å². The maximum atomic E-state index is 13.1. The number of thiazole rings is 1. The second kappa shape index (κ2) is 9.79. The number of benzene rings is 1. The summed E-state index contributed by atoms with van der Waals surface area (Å²) in [5.74, 6) is -0.0835. The number of rotatable bonds is 6. The third kappa shape index (κ3) is 6.01. The van der Waals surface area contributed by atoms with Crippen LogP contribution in [0.2, 0.25) is 0 Å². The Morgan fingerprint density at radius 1 is 1.15 bits per heavy atom. The number of carbonyl (C=O) groups is 2. The summed E-state index contributed by atoms with van der Waals surface area (Å²) in [6, 6.07) is 7.42. The number of anilines is 2. The number of aromatic nitrogens is 1.